The van der Waals surface area contributed by atoms with Gasteiger partial charge in [0.2, 0.25) is 0 Å². The Hall–Kier alpha value is 0.180. The standard InChI is InChI=1S/C10H10Cl4O/c1-2-3-4-15-10-8(13)6(11)5-7(12)9(10)14/h5H,2-4H2,1H3. The van der Waals surface area contributed by atoms with E-state index >= 15 is 0 Å². The Labute approximate surface area is 109 Å². The van der Waals surface area contributed by atoms with Crippen LogP contribution < -0.4 is 4.74 Å². The quantitative estimate of drug-likeness (QED) is 0.526. The zero-order valence-corrected chi connectivity index (χ0v) is 11.1. The van der Waals surface area contributed by atoms with E-state index in [1.165, 1.54) is 6.07 Å². The lowest BCUT2D eigenvalue weighted by atomic mass is 10.3. The molecule has 0 aromatic heterocycles. The zero-order chi connectivity index (χ0) is 11.4. The summed E-state index contributed by atoms with van der Waals surface area (Å²) in [5, 5.41) is 1.31. The molecule has 1 aromatic rings. The Morgan fingerprint density at radius 3 is 2.07 bits per heavy atom. The summed E-state index contributed by atoms with van der Waals surface area (Å²) in [6.07, 6.45) is 1.96. The van der Waals surface area contributed by atoms with Crippen molar-refractivity contribution < 1.29 is 4.74 Å². The van der Waals surface area contributed by atoms with E-state index in [0.717, 1.165) is 12.8 Å². The minimum Gasteiger partial charge on any atom is -0.490 e. The average Bonchev–Trinajstić information content (AvgIpc) is 2.20. The van der Waals surface area contributed by atoms with Gasteiger partial charge in [0.05, 0.1) is 16.7 Å². The van der Waals surface area contributed by atoms with Gasteiger partial charge in [-0.2, -0.15) is 0 Å². The third-order valence-electron chi connectivity index (χ3n) is 1.82. The van der Waals surface area contributed by atoms with Gasteiger partial charge in [-0.3, -0.25) is 0 Å². The van der Waals surface area contributed by atoms with Crippen LogP contribution in [0.1, 0.15) is 19.8 Å². The Balaban J connectivity index is 2.94. The van der Waals surface area contributed by atoms with Crippen molar-refractivity contribution in [2.45, 2.75) is 19.8 Å². The summed E-state index contributed by atoms with van der Waals surface area (Å²) in [6.45, 7) is 2.62. The molecule has 0 aliphatic carbocycles. The normalized spacial score (nSPS) is 10.5. The van der Waals surface area contributed by atoms with Crippen LogP contribution in [0, 0.1) is 0 Å². The molecule has 0 heterocycles. The first kappa shape index (κ1) is 13.2. The van der Waals surface area contributed by atoms with Crippen molar-refractivity contribution >= 4 is 46.4 Å². The van der Waals surface area contributed by atoms with Gasteiger partial charge in [-0.1, -0.05) is 59.7 Å². The summed E-state index contributed by atoms with van der Waals surface area (Å²) in [6, 6.07) is 1.50. The van der Waals surface area contributed by atoms with E-state index in [1.807, 2.05) is 0 Å². The van der Waals surface area contributed by atoms with E-state index in [1.54, 1.807) is 0 Å². The minimum atomic E-state index is 0.308. The number of hydrogen-bond donors (Lipinski definition) is 0. The highest BCUT2D eigenvalue weighted by molar-refractivity contribution is 6.48. The van der Waals surface area contributed by atoms with Crippen LogP contribution >= 0.6 is 46.4 Å². The molecule has 0 unspecified atom stereocenters. The van der Waals surface area contributed by atoms with Crippen molar-refractivity contribution in [3.8, 4) is 5.75 Å². The lowest BCUT2D eigenvalue weighted by molar-refractivity contribution is 0.310. The molecule has 0 spiro atoms. The van der Waals surface area contributed by atoms with Crippen LogP contribution in [-0.2, 0) is 0 Å². The minimum absolute atomic E-state index is 0.308. The summed E-state index contributed by atoms with van der Waals surface area (Å²) < 4.78 is 5.44. The molecule has 0 saturated carbocycles. The Kier molecular flexibility index (Phi) is 5.34. The lowest BCUT2D eigenvalue weighted by Crippen LogP contribution is -1.98. The molecule has 0 aliphatic heterocycles. The van der Waals surface area contributed by atoms with Gasteiger partial charge in [-0.05, 0) is 12.5 Å². The third-order valence-corrected chi connectivity index (χ3v) is 3.36. The summed E-state index contributed by atoms with van der Waals surface area (Å²) in [5.74, 6) is 0.365. The van der Waals surface area contributed by atoms with Gasteiger partial charge >= 0.3 is 0 Å². The highest BCUT2D eigenvalue weighted by Gasteiger charge is 2.14. The molecule has 5 heteroatoms. The molecule has 0 N–H and O–H groups in total. The molecule has 0 amide bonds. The van der Waals surface area contributed by atoms with Gasteiger partial charge < -0.3 is 4.74 Å². The molecule has 0 aliphatic rings. The van der Waals surface area contributed by atoms with Gasteiger partial charge in [0, 0.05) is 0 Å². The predicted molar refractivity (Wildman–Crippen MR) is 66.9 cm³/mol. The van der Waals surface area contributed by atoms with Gasteiger partial charge in [0.1, 0.15) is 10.0 Å². The first-order chi connectivity index (χ1) is 7.07. The molecular weight excluding hydrogens is 278 g/mol. The van der Waals surface area contributed by atoms with E-state index in [4.69, 9.17) is 51.1 Å². The lowest BCUT2D eigenvalue weighted by Gasteiger charge is -2.11. The van der Waals surface area contributed by atoms with Gasteiger partial charge in [0.25, 0.3) is 0 Å². The molecule has 0 fully saturated rings. The Morgan fingerprint density at radius 1 is 1.07 bits per heavy atom. The largest absolute Gasteiger partial charge is 0.490 e. The number of unbranched alkanes of at least 4 members (excludes halogenated alkanes) is 1. The van der Waals surface area contributed by atoms with Crippen LogP contribution in [0.2, 0.25) is 20.1 Å². The van der Waals surface area contributed by atoms with Crippen molar-refractivity contribution in [2.75, 3.05) is 6.61 Å². The number of ether oxygens (including phenoxy) is 1. The molecule has 1 nitrogen and oxygen atoms in total. The maximum atomic E-state index is 5.95. The first-order valence-electron chi connectivity index (χ1n) is 4.53. The van der Waals surface area contributed by atoms with Crippen LogP contribution in [-0.4, -0.2) is 6.61 Å². The molecular formula is C10H10Cl4O. The zero-order valence-electron chi connectivity index (χ0n) is 8.12. The monoisotopic (exact) mass is 286 g/mol. The second-order valence-corrected chi connectivity index (χ2v) is 4.57. The summed E-state index contributed by atoms with van der Waals surface area (Å²) in [5.41, 5.74) is 0. The molecule has 0 radical (unpaired) electrons. The van der Waals surface area contributed by atoms with E-state index in [2.05, 4.69) is 6.92 Å². The summed E-state index contributed by atoms with van der Waals surface area (Å²) in [4.78, 5) is 0. The van der Waals surface area contributed by atoms with Crippen LogP contribution in [0.15, 0.2) is 6.07 Å². The molecule has 0 atom stereocenters. The number of benzene rings is 1. The molecule has 1 rings (SSSR count). The smallest absolute Gasteiger partial charge is 0.159 e. The third kappa shape index (κ3) is 3.32. The second-order valence-electron chi connectivity index (χ2n) is 3.00. The topological polar surface area (TPSA) is 9.23 Å². The Bertz CT molecular complexity index is 326. The van der Waals surface area contributed by atoms with Crippen LogP contribution in [0.25, 0.3) is 0 Å². The number of hydrogen-bond acceptors (Lipinski definition) is 1. The van der Waals surface area contributed by atoms with E-state index in [0.29, 0.717) is 32.4 Å². The SMILES string of the molecule is CCCCOc1c(Cl)c(Cl)cc(Cl)c1Cl. The molecule has 0 saturated heterocycles. The second kappa shape index (κ2) is 6.05. The van der Waals surface area contributed by atoms with Crippen molar-refractivity contribution in [3.05, 3.63) is 26.2 Å². The fraction of sp³-hybridized carbons (Fsp3) is 0.400. The molecule has 0 bridgehead atoms. The van der Waals surface area contributed by atoms with E-state index in [9.17, 15) is 0 Å². The maximum absolute atomic E-state index is 5.95. The van der Waals surface area contributed by atoms with Crippen molar-refractivity contribution in [1.82, 2.24) is 0 Å². The highest BCUT2D eigenvalue weighted by Crippen LogP contribution is 2.42. The van der Waals surface area contributed by atoms with E-state index in [-0.39, 0.29) is 0 Å². The highest BCUT2D eigenvalue weighted by atomic mass is 35.5. The molecule has 1 aromatic carbocycles. The van der Waals surface area contributed by atoms with Crippen molar-refractivity contribution in [3.63, 3.8) is 0 Å². The summed E-state index contributed by atoms with van der Waals surface area (Å²) in [7, 11) is 0. The van der Waals surface area contributed by atoms with Gasteiger partial charge in [-0.15, -0.1) is 0 Å². The van der Waals surface area contributed by atoms with E-state index < -0.39 is 0 Å². The van der Waals surface area contributed by atoms with Gasteiger partial charge in [0.15, 0.2) is 5.75 Å². The summed E-state index contributed by atoms with van der Waals surface area (Å²) >= 11 is 23.6. The van der Waals surface area contributed by atoms with Crippen molar-refractivity contribution in [1.29, 1.82) is 0 Å². The van der Waals surface area contributed by atoms with Crippen LogP contribution in [0.3, 0.4) is 0 Å². The fourth-order valence-electron chi connectivity index (χ4n) is 0.997. The fourth-order valence-corrected chi connectivity index (χ4v) is 1.90. The number of rotatable bonds is 4. The average molecular weight is 288 g/mol. The Morgan fingerprint density at radius 2 is 1.60 bits per heavy atom. The van der Waals surface area contributed by atoms with Crippen LogP contribution in [0.5, 0.6) is 5.75 Å². The predicted octanol–water partition coefficient (Wildman–Crippen LogP) is 5.48. The maximum Gasteiger partial charge on any atom is 0.159 e. The number of halogens is 4. The van der Waals surface area contributed by atoms with Crippen molar-refractivity contribution in [2.24, 2.45) is 0 Å². The first-order valence-corrected chi connectivity index (χ1v) is 6.05. The molecule has 15 heavy (non-hydrogen) atoms. The van der Waals surface area contributed by atoms with Crippen LogP contribution in [0.4, 0.5) is 0 Å². The van der Waals surface area contributed by atoms with Gasteiger partial charge in [-0.25, -0.2) is 0 Å². The molecule has 84 valence electrons.